The summed E-state index contributed by atoms with van der Waals surface area (Å²) in [6.07, 6.45) is 3.68. The largest absolute Gasteiger partial charge is 0.352 e. The van der Waals surface area contributed by atoms with Crippen molar-refractivity contribution in [2.75, 3.05) is 6.54 Å². The van der Waals surface area contributed by atoms with Crippen LogP contribution in [0.3, 0.4) is 0 Å². The molecule has 25 heavy (non-hydrogen) atoms. The van der Waals surface area contributed by atoms with Crippen molar-refractivity contribution in [2.24, 2.45) is 0 Å². The molecule has 5 nitrogen and oxygen atoms in total. The third-order valence-corrected chi connectivity index (χ3v) is 4.82. The van der Waals surface area contributed by atoms with E-state index in [2.05, 4.69) is 10.3 Å². The van der Waals surface area contributed by atoms with Crippen LogP contribution in [0.2, 0.25) is 5.02 Å². The van der Waals surface area contributed by atoms with Crippen molar-refractivity contribution < 1.29 is 4.79 Å². The number of carbonyl (C=O) groups is 1. The van der Waals surface area contributed by atoms with Crippen LogP contribution < -0.4 is 10.9 Å². The van der Waals surface area contributed by atoms with E-state index in [0.29, 0.717) is 28.6 Å². The number of hydrogen-bond donors (Lipinski definition) is 1. The third kappa shape index (κ3) is 4.15. The fourth-order valence-corrected chi connectivity index (χ4v) is 3.58. The first-order valence-electron chi connectivity index (χ1n) is 7.72. The molecular formula is C18H16ClN3O2S. The molecule has 0 aliphatic heterocycles. The van der Waals surface area contributed by atoms with Crippen LogP contribution in [0.15, 0.2) is 46.6 Å². The molecule has 128 valence electrons. The van der Waals surface area contributed by atoms with Crippen molar-refractivity contribution in [3.8, 4) is 0 Å². The number of benzene rings is 1. The zero-order valence-electron chi connectivity index (χ0n) is 13.5. The summed E-state index contributed by atoms with van der Waals surface area (Å²) in [5, 5.41) is 5.30. The molecule has 1 amide bonds. The summed E-state index contributed by atoms with van der Waals surface area (Å²) in [6, 6.07) is 8.81. The van der Waals surface area contributed by atoms with Crippen LogP contribution in [-0.4, -0.2) is 21.8 Å². The highest BCUT2D eigenvalue weighted by molar-refractivity contribution is 7.15. The summed E-state index contributed by atoms with van der Waals surface area (Å²) >= 11 is 7.46. The second kappa shape index (κ2) is 7.63. The van der Waals surface area contributed by atoms with E-state index in [4.69, 9.17) is 11.6 Å². The second-order valence-electron chi connectivity index (χ2n) is 5.48. The molecular weight excluding hydrogens is 358 g/mol. The zero-order valence-corrected chi connectivity index (χ0v) is 15.1. The fourth-order valence-electron chi connectivity index (χ4n) is 2.41. The van der Waals surface area contributed by atoms with E-state index < -0.39 is 0 Å². The Balaban J connectivity index is 1.61. The molecule has 2 aromatic heterocycles. The van der Waals surface area contributed by atoms with Crippen molar-refractivity contribution in [3.63, 3.8) is 0 Å². The summed E-state index contributed by atoms with van der Waals surface area (Å²) in [7, 11) is 0. The van der Waals surface area contributed by atoms with Gasteiger partial charge in [0.1, 0.15) is 0 Å². The van der Waals surface area contributed by atoms with Crippen LogP contribution in [0.1, 0.15) is 17.0 Å². The van der Waals surface area contributed by atoms with Crippen LogP contribution in [0.25, 0.3) is 11.0 Å². The maximum Gasteiger partial charge on any atom is 0.258 e. The first-order chi connectivity index (χ1) is 12.0. The van der Waals surface area contributed by atoms with Gasteiger partial charge in [0.15, 0.2) is 4.96 Å². The van der Waals surface area contributed by atoms with Gasteiger partial charge in [-0.3, -0.25) is 14.0 Å². The van der Waals surface area contributed by atoms with E-state index in [1.807, 2.05) is 23.6 Å². The smallest absolute Gasteiger partial charge is 0.258 e. The molecule has 2 heterocycles. The molecule has 0 saturated carbocycles. The third-order valence-electron chi connectivity index (χ3n) is 3.60. The number of carbonyl (C=O) groups excluding carboxylic acids is 1. The lowest BCUT2D eigenvalue weighted by atomic mass is 10.2. The zero-order chi connectivity index (χ0) is 17.8. The molecule has 3 rings (SSSR count). The number of rotatable bonds is 5. The molecule has 3 aromatic rings. The van der Waals surface area contributed by atoms with E-state index >= 15 is 0 Å². The first kappa shape index (κ1) is 17.4. The number of hydrogen-bond acceptors (Lipinski definition) is 4. The molecule has 0 bridgehead atoms. The molecule has 1 N–H and O–H groups in total. The van der Waals surface area contributed by atoms with Crippen LogP contribution in [0.4, 0.5) is 0 Å². The summed E-state index contributed by atoms with van der Waals surface area (Å²) in [5.41, 5.74) is 2.24. The number of nitrogens with zero attached hydrogens (tertiary/aromatic N) is 2. The maximum atomic E-state index is 12.1. The van der Waals surface area contributed by atoms with E-state index in [0.717, 1.165) is 11.3 Å². The molecule has 1 aromatic carbocycles. The minimum Gasteiger partial charge on any atom is -0.352 e. The van der Waals surface area contributed by atoms with Gasteiger partial charge in [0, 0.05) is 46.9 Å². The Labute approximate surface area is 153 Å². The van der Waals surface area contributed by atoms with Crippen molar-refractivity contribution in [1.29, 1.82) is 0 Å². The second-order valence-corrected chi connectivity index (χ2v) is 6.72. The first-order valence-corrected chi connectivity index (χ1v) is 8.97. The van der Waals surface area contributed by atoms with E-state index in [-0.39, 0.29) is 11.5 Å². The minimum atomic E-state index is -0.208. The predicted octanol–water partition coefficient (Wildman–Crippen LogP) is 3.09. The van der Waals surface area contributed by atoms with Gasteiger partial charge in [-0.05, 0) is 24.6 Å². The van der Waals surface area contributed by atoms with Gasteiger partial charge in [-0.25, -0.2) is 4.98 Å². The molecule has 0 saturated heterocycles. The van der Waals surface area contributed by atoms with Crippen LogP contribution in [0.5, 0.6) is 0 Å². The number of aryl methyl sites for hydroxylation is 1. The van der Waals surface area contributed by atoms with Gasteiger partial charge in [0.25, 0.3) is 5.56 Å². The van der Waals surface area contributed by atoms with Gasteiger partial charge >= 0.3 is 0 Å². The molecule has 0 spiro atoms. The summed E-state index contributed by atoms with van der Waals surface area (Å²) < 4.78 is 1.59. The summed E-state index contributed by atoms with van der Waals surface area (Å²) in [4.78, 5) is 29.0. The number of amides is 1. The van der Waals surface area contributed by atoms with Gasteiger partial charge in [-0.15, -0.1) is 11.3 Å². The number of halogens is 1. The van der Waals surface area contributed by atoms with Gasteiger partial charge in [-0.1, -0.05) is 29.8 Å². The van der Waals surface area contributed by atoms with Gasteiger partial charge in [0.05, 0.1) is 0 Å². The minimum absolute atomic E-state index is 0.0938. The lowest BCUT2D eigenvalue weighted by Crippen LogP contribution is -2.25. The SMILES string of the molecule is Cc1cc(=O)n2c(CCNC(=O)C=Cc3ccccc3Cl)csc2n1. The average molecular weight is 374 g/mol. The number of aromatic nitrogens is 2. The van der Waals surface area contributed by atoms with Gasteiger partial charge < -0.3 is 5.32 Å². The Morgan fingerprint density at radius 2 is 2.20 bits per heavy atom. The molecule has 0 atom stereocenters. The van der Waals surface area contributed by atoms with Crippen molar-refractivity contribution in [3.05, 3.63) is 74.1 Å². The quantitative estimate of drug-likeness (QED) is 0.699. The van der Waals surface area contributed by atoms with E-state index in [1.54, 1.807) is 23.5 Å². The summed E-state index contributed by atoms with van der Waals surface area (Å²) in [6.45, 7) is 2.23. The highest BCUT2D eigenvalue weighted by Crippen LogP contribution is 2.16. The molecule has 7 heteroatoms. The van der Waals surface area contributed by atoms with Crippen molar-refractivity contribution in [2.45, 2.75) is 13.3 Å². The van der Waals surface area contributed by atoms with Crippen LogP contribution >= 0.6 is 22.9 Å². The lowest BCUT2D eigenvalue weighted by Gasteiger charge is -2.03. The van der Waals surface area contributed by atoms with Crippen LogP contribution in [0, 0.1) is 6.92 Å². The standard InChI is InChI=1S/C18H16ClN3O2S/c1-12-10-17(24)22-14(11-25-18(22)21-12)8-9-20-16(23)7-6-13-4-2-3-5-15(13)19/h2-7,10-11H,8-9H2,1H3,(H,20,23). The topological polar surface area (TPSA) is 63.5 Å². The Bertz CT molecular complexity index is 1010. The highest BCUT2D eigenvalue weighted by atomic mass is 35.5. The molecule has 0 radical (unpaired) electrons. The number of fused-ring (bicyclic) bond motifs is 1. The Morgan fingerprint density at radius 3 is 3.00 bits per heavy atom. The predicted molar refractivity (Wildman–Crippen MR) is 101 cm³/mol. The van der Waals surface area contributed by atoms with Crippen molar-refractivity contribution >= 4 is 39.9 Å². The monoisotopic (exact) mass is 373 g/mol. The van der Waals surface area contributed by atoms with Crippen LogP contribution in [-0.2, 0) is 11.2 Å². The fraction of sp³-hybridized carbons (Fsp3) is 0.167. The molecule has 0 aliphatic carbocycles. The van der Waals surface area contributed by atoms with Gasteiger partial charge in [-0.2, -0.15) is 0 Å². The highest BCUT2D eigenvalue weighted by Gasteiger charge is 2.08. The van der Waals surface area contributed by atoms with Gasteiger partial charge in [0.2, 0.25) is 5.91 Å². The Hall–Kier alpha value is -2.44. The van der Waals surface area contributed by atoms with E-state index in [1.165, 1.54) is 23.5 Å². The Kier molecular flexibility index (Phi) is 5.31. The summed E-state index contributed by atoms with van der Waals surface area (Å²) in [5.74, 6) is -0.208. The number of thiazole rings is 1. The normalized spacial score (nSPS) is 11.3. The molecule has 0 fully saturated rings. The lowest BCUT2D eigenvalue weighted by molar-refractivity contribution is -0.116. The maximum absolute atomic E-state index is 12.1. The average Bonchev–Trinajstić information content (AvgIpc) is 2.97. The van der Waals surface area contributed by atoms with Crippen molar-refractivity contribution in [1.82, 2.24) is 14.7 Å². The Morgan fingerprint density at radius 1 is 1.40 bits per heavy atom. The molecule has 0 aliphatic rings. The van der Waals surface area contributed by atoms with E-state index in [9.17, 15) is 9.59 Å². The molecule has 0 unspecified atom stereocenters. The number of nitrogens with one attached hydrogen (secondary N) is 1.